The molecular formula is C23H18F2N4O4. The molecular weight excluding hydrogens is 434 g/mol. The molecule has 0 atom stereocenters. The first-order chi connectivity index (χ1) is 15.9. The van der Waals surface area contributed by atoms with Crippen LogP contribution >= 0.6 is 0 Å². The third-order valence-electron chi connectivity index (χ3n) is 4.98. The molecule has 0 radical (unpaired) electrons. The monoisotopic (exact) mass is 452 g/mol. The number of fused-ring (bicyclic) bond motifs is 1. The van der Waals surface area contributed by atoms with E-state index in [9.17, 15) is 24.0 Å². The number of nitro benzene ring substituents is 1. The van der Waals surface area contributed by atoms with Crippen molar-refractivity contribution in [3.05, 3.63) is 100 Å². The lowest BCUT2D eigenvalue weighted by atomic mass is 9.91. The molecule has 8 nitrogen and oxygen atoms in total. The number of nitro groups is 1. The van der Waals surface area contributed by atoms with Crippen molar-refractivity contribution in [1.82, 2.24) is 0 Å². The van der Waals surface area contributed by atoms with Crippen molar-refractivity contribution >= 4 is 23.0 Å². The highest BCUT2D eigenvalue weighted by molar-refractivity contribution is 5.84. The minimum atomic E-state index is -1.90. The van der Waals surface area contributed by atoms with Crippen LogP contribution < -0.4 is 19.9 Å². The van der Waals surface area contributed by atoms with Gasteiger partial charge in [0.05, 0.1) is 16.2 Å². The first-order valence-corrected chi connectivity index (χ1v) is 9.86. The fraction of sp³-hybridized carbons (Fsp3) is 0.130. The molecule has 4 rings (SSSR count). The molecule has 168 valence electrons. The van der Waals surface area contributed by atoms with Crippen molar-refractivity contribution in [1.29, 1.82) is 0 Å². The Morgan fingerprint density at radius 3 is 2.52 bits per heavy atom. The number of aromatic nitrogens is 1. The lowest BCUT2D eigenvalue weighted by Crippen LogP contribution is -2.55. The van der Waals surface area contributed by atoms with Crippen LogP contribution in [0.2, 0.25) is 0 Å². The van der Waals surface area contributed by atoms with E-state index < -0.39 is 29.9 Å². The van der Waals surface area contributed by atoms with Gasteiger partial charge in [-0.05, 0) is 30.3 Å². The van der Waals surface area contributed by atoms with Gasteiger partial charge in [-0.1, -0.05) is 22.9 Å². The number of nitrogens with one attached hydrogen (secondary N) is 1. The van der Waals surface area contributed by atoms with Crippen LogP contribution in [0.5, 0.6) is 5.75 Å². The second-order valence-electron chi connectivity index (χ2n) is 7.25. The highest BCUT2D eigenvalue weighted by Gasteiger charge is 2.39. The zero-order chi connectivity index (χ0) is 23.4. The molecule has 33 heavy (non-hydrogen) atoms. The zero-order valence-corrected chi connectivity index (χ0v) is 17.2. The van der Waals surface area contributed by atoms with E-state index in [0.717, 1.165) is 0 Å². The van der Waals surface area contributed by atoms with E-state index >= 15 is 0 Å². The molecule has 1 aromatic heterocycles. The van der Waals surface area contributed by atoms with Gasteiger partial charge >= 0.3 is 0 Å². The normalized spacial score (nSPS) is 14.6. The van der Waals surface area contributed by atoms with Crippen molar-refractivity contribution < 1.29 is 28.2 Å². The Labute approximate surface area is 187 Å². The van der Waals surface area contributed by atoms with Gasteiger partial charge in [0.2, 0.25) is 11.9 Å². The van der Waals surface area contributed by atoms with Crippen molar-refractivity contribution in [2.24, 2.45) is 4.99 Å². The summed E-state index contributed by atoms with van der Waals surface area (Å²) in [6, 6.07) is 16.5. The highest BCUT2D eigenvalue weighted by atomic mass is 19.1. The van der Waals surface area contributed by atoms with E-state index in [4.69, 9.17) is 4.74 Å². The van der Waals surface area contributed by atoms with Gasteiger partial charge in [0.25, 0.3) is 5.69 Å². The lowest BCUT2D eigenvalue weighted by molar-refractivity contribution is -0.647. The van der Waals surface area contributed by atoms with Crippen LogP contribution in [0.4, 0.5) is 20.2 Å². The maximum atomic E-state index is 13.9. The van der Waals surface area contributed by atoms with Crippen LogP contribution in [0.25, 0.3) is 5.57 Å². The van der Waals surface area contributed by atoms with Crippen LogP contribution in [0.15, 0.2) is 84.0 Å². The zero-order valence-electron chi connectivity index (χ0n) is 17.2. The SMILES string of the molecule is O=[N+]([O-])c1ccc2c(c1)C(c1cccc[n+]1NC([O-])=Nc1ccccc1)=CC(CF)(CF)O2. The van der Waals surface area contributed by atoms with E-state index in [2.05, 4.69) is 10.4 Å². The molecule has 2 heterocycles. The molecule has 1 aliphatic rings. The van der Waals surface area contributed by atoms with E-state index in [-0.39, 0.29) is 22.6 Å². The number of ether oxygens (including phenoxy) is 1. The quantitative estimate of drug-likeness (QED) is 0.204. The van der Waals surface area contributed by atoms with Crippen molar-refractivity contribution in [3.63, 3.8) is 0 Å². The minimum Gasteiger partial charge on any atom is -0.842 e. The van der Waals surface area contributed by atoms with Gasteiger partial charge in [-0.3, -0.25) is 10.1 Å². The largest absolute Gasteiger partial charge is 0.842 e. The number of aliphatic imine (C=N–C) groups is 1. The van der Waals surface area contributed by atoms with Gasteiger partial charge in [-0.2, -0.15) is 5.43 Å². The summed E-state index contributed by atoms with van der Waals surface area (Å²) in [5, 5.41) is 23.8. The van der Waals surface area contributed by atoms with Gasteiger partial charge in [0.15, 0.2) is 5.60 Å². The van der Waals surface area contributed by atoms with Gasteiger partial charge in [0, 0.05) is 29.8 Å². The molecule has 0 aliphatic carbocycles. The molecule has 1 aliphatic heterocycles. The Bertz CT molecular complexity index is 1240. The molecule has 0 amide bonds. The predicted molar refractivity (Wildman–Crippen MR) is 115 cm³/mol. The summed E-state index contributed by atoms with van der Waals surface area (Å²) in [6.07, 6.45) is 2.76. The van der Waals surface area contributed by atoms with Crippen LogP contribution in [0, 0.1) is 10.1 Å². The molecule has 2 aromatic carbocycles. The topological polar surface area (TPSA) is 104 Å². The van der Waals surface area contributed by atoms with Gasteiger partial charge in [-0.15, -0.1) is 0 Å². The number of halogens is 2. The van der Waals surface area contributed by atoms with E-state index in [1.54, 1.807) is 48.5 Å². The number of non-ortho nitro benzene ring substituents is 1. The average Bonchev–Trinajstić information content (AvgIpc) is 2.84. The average molecular weight is 452 g/mol. The van der Waals surface area contributed by atoms with E-state index in [1.165, 1.54) is 35.1 Å². The number of benzene rings is 2. The number of nitrogens with zero attached hydrogens (tertiary/aromatic N) is 3. The molecule has 1 N–H and O–H groups in total. The van der Waals surface area contributed by atoms with Crippen molar-refractivity contribution in [3.8, 4) is 5.75 Å². The third-order valence-corrected chi connectivity index (χ3v) is 4.98. The molecule has 3 aromatic rings. The molecule has 0 saturated carbocycles. The number of hydrogen-bond donors (Lipinski definition) is 1. The first-order valence-electron chi connectivity index (χ1n) is 9.86. The number of alkyl halides is 2. The fourth-order valence-corrected chi connectivity index (χ4v) is 3.41. The Balaban J connectivity index is 1.82. The molecule has 10 heteroatoms. The third kappa shape index (κ3) is 4.49. The summed E-state index contributed by atoms with van der Waals surface area (Å²) in [5.74, 6) is 0.0871. The summed E-state index contributed by atoms with van der Waals surface area (Å²) in [5.41, 5.74) is 1.76. The minimum absolute atomic E-state index is 0.0871. The van der Waals surface area contributed by atoms with Crippen LogP contribution in [0.1, 0.15) is 11.3 Å². The Morgan fingerprint density at radius 1 is 1.09 bits per heavy atom. The number of para-hydroxylation sites is 1. The van der Waals surface area contributed by atoms with E-state index in [1.807, 2.05) is 0 Å². The van der Waals surface area contributed by atoms with Crippen molar-refractivity contribution in [2.45, 2.75) is 5.60 Å². The lowest BCUT2D eigenvalue weighted by Gasteiger charge is -2.32. The van der Waals surface area contributed by atoms with E-state index in [0.29, 0.717) is 11.4 Å². The highest BCUT2D eigenvalue weighted by Crippen LogP contribution is 2.40. The summed E-state index contributed by atoms with van der Waals surface area (Å²) in [4.78, 5) is 14.7. The molecule has 0 bridgehead atoms. The summed E-state index contributed by atoms with van der Waals surface area (Å²) in [6.45, 7) is -2.32. The Hall–Kier alpha value is -4.34. The number of amidine groups is 1. The molecule has 0 spiro atoms. The number of hydrogen-bond acceptors (Lipinski definition) is 5. The molecule has 0 fully saturated rings. The molecule has 0 saturated heterocycles. The Kier molecular flexibility index (Phi) is 5.99. The molecule has 0 unspecified atom stereocenters. The first kappa shape index (κ1) is 21.9. The summed E-state index contributed by atoms with van der Waals surface area (Å²) in [7, 11) is 0. The standard InChI is InChI=1S/C23H18F2N4O4/c24-14-23(15-25)13-19(18-12-17(29(31)32)9-10-21(18)33-23)20-8-4-5-11-28(20)27-22(30)26-16-6-2-1-3-7-16/h1-13H,14-15H2,(H-,26,27,30). The van der Waals surface area contributed by atoms with Crippen LogP contribution in [-0.4, -0.2) is 29.9 Å². The van der Waals surface area contributed by atoms with Gasteiger partial charge in [-0.25, -0.2) is 13.8 Å². The maximum absolute atomic E-state index is 13.9. The van der Waals surface area contributed by atoms with Crippen LogP contribution in [-0.2, 0) is 0 Å². The summed E-state index contributed by atoms with van der Waals surface area (Å²) < 4.78 is 34.6. The van der Waals surface area contributed by atoms with Crippen molar-refractivity contribution in [2.75, 3.05) is 18.8 Å². The second kappa shape index (κ2) is 9.03. The number of pyridine rings is 1. The van der Waals surface area contributed by atoms with Gasteiger partial charge < -0.3 is 9.84 Å². The maximum Gasteiger partial charge on any atom is 0.270 e. The van der Waals surface area contributed by atoms with Gasteiger partial charge in [0.1, 0.15) is 25.1 Å². The number of rotatable bonds is 6. The smallest absolute Gasteiger partial charge is 0.270 e. The predicted octanol–water partition coefficient (Wildman–Crippen LogP) is 2.98. The summed E-state index contributed by atoms with van der Waals surface area (Å²) >= 11 is 0. The fourth-order valence-electron chi connectivity index (χ4n) is 3.41. The van der Waals surface area contributed by atoms with Crippen LogP contribution in [0.3, 0.4) is 0 Å². The second-order valence-corrected chi connectivity index (χ2v) is 7.25. The Morgan fingerprint density at radius 2 is 1.82 bits per heavy atom.